The Morgan fingerprint density at radius 2 is 1.93 bits per heavy atom. The first kappa shape index (κ1) is 10.4. The number of rotatable bonds is 3. The maximum Gasteiger partial charge on any atom is 0.249 e. The summed E-state index contributed by atoms with van der Waals surface area (Å²) in [6.45, 7) is 3.63. The van der Waals surface area contributed by atoms with Crippen LogP contribution < -0.4 is 0 Å². The van der Waals surface area contributed by atoms with Gasteiger partial charge in [0.2, 0.25) is 5.70 Å². The largest absolute Gasteiger partial charge is 0.259 e. The quantitative estimate of drug-likeness (QED) is 0.544. The van der Waals surface area contributed by atoms with E-state index in [1.165, 1.54) is 0 Å². The van der Waals surface area contributed by atoms with Crippen LogP contribution in [0.15, 0.2) is 36.0 Å². The SMILES string of the molecule is CC(C)C(=Cc1ccccc1)[N+](=O)[O-]. The van der Waals surface area contributed by atoms with Gasteiger partial charge in [0.1, 0.15) is 0 Å². The first-order valence-electron chi connectivity index (χ1n) is 4.52. The van der Waals surface area contributed by atoms with Crippen LogP contribution in [-0.2, 0) is 0 Å². The summed E-state index contributed by atoms with van der Waals surface area (Å²) in [5.41, 5.74) is 1.11. The second-order valence-electron chi connectivity index (χ2n) is 3.39. The van der Waals surface area contributed by atoms with Crippen molar-refractivity contribution in [1.82, 2.24) is 0 Å². The Bertz CT molecular complexity index is 342. The lowest BCUT2D eigenvalue weighted by atomic mass is 10.1. The summed E-state index contributed by atoms with van der Waals surface area (Å²) in [4.78, 5) is 10.4. The molecule has 0 aliphatic carbocycles. The molecular formula is C11H13NO2. The van der Waals surface area contributed by atoms with E-state index in [0.717, 1.165) is 5.56 Å². The average molecular weight is 191 g/mol. The normalized spacial score (nSPS) is 11.8. The van der Waals surface area contributed by atoms with Crippen molar-refractivity contribution in [3.63, 3.8) is 0 Å². The van der Waals surface area contributed by atoms with Gasteiger partial charge in [0.05, 0.1) is 4.92 Å². The van der Waals surface area contributed by atoms with E-state index in [0.29, 0.717) is 0 Å². The van der Waals surface area contributed by atoms with Gasteiger partial charge in [-0.1, -0.05) is 44.2 Å². The van der Waals surface area contributed by atoms with Crippen LogP contribution in [-0.4, -0.2) is 4.92 Å². The van der Waals surface area contributed by atoms with E-state index in [-0.39, 0.29) is 16.5 Å². The Kier molecular flexibility index (Phi) is 3.40. The van der Waals surface area contributed by atoms with Crippen molar-refractivity contribution in [3.05, 3.63) is 51.7 Å². The van der Waals surface area contributed by atoms with Gasteiger partial charge in [0.25, 0.3) is 0 Å². The lowest BCUT2D eigenvalue weighted by molar-refractivity contribution is -0.431. The van der Waals surface area contributed by atoms with Crippen LogP contribution in [0.5, 0.6) is 0 Å². The van der Waals surface area contributed by atoms with Gasteiger partial charge in [-0.2, -0.15) is 0 Å². The Hall–Kier alpha value is -1.64. The molecule has 0 heterocycles. The molecular weight excluding hydrogens is 178 g/mol. The van der Waals surface area contributed by atoms with Crippen LogP contribution in [0.3, 0.4) is 0 Å². The van der Waals surface area contributed by atoms with E-state index < -0.39 is 0 Å². The molecule has 1 rings (SSSR count). The van der Waals surface area contributed by atoms with Crippen LogP contribution in [0.2, 0.25) is 0 Å². The fourth-order valence-electron chi connectivity index (χ4n) is 1.15. The molecule has 3 heteroatoms. The Labute approximate surface area is 83.2 Å². The highest BCUT2D eigenvalue weighted by molar-refractivity contribution is 5.50. The zero-order chi connectivity index (χ0) is 10.6. The molecule has 0 spiro atoms. The third-order valence-electron chi connectivity index (χ3n) is 1.92. The van der Waals surface area contributed by atoms with Crippen LogP contribution in [0.4, 0.5) is 0 Å². The van der Waals surface area contributed by atoms with E-state index in [2.05, 4.69) is 0 Å². The number of benzene rings is 1. The highest BCUT2D eigenvalue weighted by Crippen LogP contribution is 2.14. The van der Waals surface area contributed by atoms with Crippen molar-refractivity contribution in [2.24, 2.45) is 5.92 Å². The molecule has 0 atom stereocenters. The standard InChI is InChI=1S/C11H13NO2/c1-9(2)11(12(13)14)8-10-6-4-3-5-7-10/h3-9H,1-2H3. The highest BCUT2D eigenvalue weighted by atomic mass is 16.6. The van der Waals surface area contributed by atoms with Crippen molar-refractivity contribution in [2.45, 2.75) is 13.8 Å². The molecule has 0 N–H and O–H groups in total. The molecule has 1 aromatic rings. The minimum absolute atomic E-state index is 0.0646. The molecule has 14 heavy (non-hydrogen) atoms. The van der Waals surface area contributed by atoms with Crippen LogP contribution >= 0.6 is 0 Å². The third-order valence-corrected chi connectivity index (χ3v) is 1.92. The lowest BCUT2D eigenvalue weighted by Gasteiger charge is -2.01. The molecule has 0 saturated heterocycles. The number of hydrogen-bond donors (Lipinski definition) is 0. The van der Waals surface area contributed by atoms with Gasteiger partial charge in [-0.05, 0) is 5.56 Å². The summed E-state index contributed by atoms with van der Waals surface area (Å²) in [6, 6.07) is 9.32. The molecule has 3 nitrogen and oxygen atoms in total. The molecule has 0 bridgehead atoms. The predicted octanol–water partition coefficient (Wildman–Crippen LogP) is 2.96. The van der Waals surface area contributed by atoms with Crippen molar-refractivity contribution in [3.8, 4) is 0 Å². The van der Waals surface area contributed by atoms with Gasteiger partial charge < -0.3 is 0 Å². The van der Waals surface area contributed by atoms with Crippen molar-refractivity contribution in [1.29, 1.82) is 0 Å². The zero-order valence-electron chi connectivity index (χ0n) is 8.31. The van der Waals surface area contributed by atoms with Gasteiger partial charge >= 0.3 is 0 Å². The maximum atomic E-state index is 10.7. The summed E-state index contributed by atoms with van der Waals surface area (Å²) >= 11 is 0. The van der Waals surface area contributed by atoms with Gasteiger partial charge in [-0.25, -0.2) is 0 Å². The van der Waals surface area contributed by atoms with E-state index >= 15 is 0 Å². The summed E-state index contributed by atoms with van der Waals surface area (Å²) < 4.78 is 0. The first-order valence-corrected chi connectivity index (χ1v) is 4.52. The second-order valence-corrected chi connectivity index (χ2v) is 3.39. The zero-order valence-corrected chi connectivity index (χ0v) is 8.31. The van der Waals surface area contributed by atoms with Crippen LogP contribution in [0.1, 0.15) is 19.4 Å². The molecule has 0 aliphatic heterocycles. The Balaban J connectivity index is 3.00. The number of allylic oxidation sites excluding steroid dienone is 1. The van der Waals surface area contributed by atoms with Gasteiger partial charge in [-0.3, -0.25) is 10.1 Å². The second kappa shape index (κ2) is 4.56. The number of hydrogen-bond acceptors (Lipinski definition) is 2. The van der Waals surface area contributed by atoms with Crippen molar-refractivity contribution in [2.75, 3.05) is 0 Å². The molecule has 0 amide bonds. The Morgan fingerprint density at radius 3 is 2.36 bits per heavy atom. The first-order chi connectivity index (χ1) is 6.61. The average Bonchev–Trinajstić information content (AvgIpc) is 2.15. The fraction of sp³-hybridized carbons (Fsp3) is 0.273. The molecule has 0 aromatic heterocycles. The maximum absolute atomic E-state index is 10.7. The molecule has 0 saturated carbocycles. The summed E-state index contributed by atoms with van der Waals surface area (Å²) in [7, 11) is 0. The van der Waals surface area contributed by atoms with E-state index in [9.17, 15) is 10.1 Å². The van der Waals surface area contributed by atoms with Gasteiger partial charge in [0, 0.05) is 12.0 Å². The number of nitrogens with zero attached hydrogens (tertiary/aromatic N) is 1. The molecule has 74 valence electrons. The molecule has 0 aliphatic rings. The van der Waals surface area contributed by atoms with Crippen molar-refractivity contribution >= 4 is 6.08 Å². The minimum Gasteiger partial charge on any atom is -0.259 e. The Morgan fingerprint density at radius 1 is 1.36 bits per heavy atom. The summed E-state index contributed by atoms with van der Waals surface area (Å²) in [5, 5.41) is 10.7. The lowest BCUT2D eigenvalue weighted by Crippen LogP contribution is -2.05. The summed E-state index contributed by atoms with van der Waals surface area (Å²) in [6.07, 6.45) is 1.62. The van der Waals surface area contributed by atoms with Gasteiger partial charge in [0.15, 0.2) is 0 Å². The van der Waals surface area contributed by atoms with E-state index in [1.807, 2.05) is 44.2 Å². The molecule has 0 fully saturated rings. The third kappa shape index (κ3) is 2.69. The molecule has 0 unspecified atom stereocenters. The molecule has 1 aromatic carbocycles. The predicted molar refractivity (Wildman–Crippen MR) is 56.3 cm³/mol. The topological polar surface area (TPSA) is 43.1 Å². The van der Waals surface area contributed by atoms with Gasteiger partial charge in [-0.15, -0.1) is 0 Å². The smallest absolute Gasteiger partial charge is 0.249 e. The fourth-order valence-corrected chi connectivity index (χ4v) is 1.15. The highest BCUT2D eigenvalue weighted by Gasteiger charge is 2.14. The summed E-state index contributed by atoms with van der Waals surface area (Å²) in [5.74, 6) is -0.0646. The van der Waals surface area contributed by atoms with E-state index in [1.54, 1.807) is 6.08 Å². The number of nitro groups is 1. The monoisotopic (exact) mass is 191 g/mol. The van der Waals surface area contributed by atoms with E-state index in [4.69, 9.17) is 0 Å². The van der Waals surface area contributed by atoms with Crippen LogP contribution in [0, 0.1) is 16.0 Å². The van der Waals surface area contributed by atoms with Crippen molar-refractivity contribution < 1.29 is 4.92 Å². The van der Waals surface area contributed by atoms with Crippen LogP contribution in [0.25, 0.3) is 6.08 Å². The minimum atomic E-state index is -0.322. The molecule has 0 radical (unpaired) electrons.